The second-order valence-corrected chi connectivity index (χ2v) is 3.00. The maximum atomic E-state index is 5.77. The quantitative estimate of drug-likeness (QED) is 0.649. The van der Waals surface area contributed by atoms with Crippen molar-refractivity contribution in [2.75, 3.05) is 12.8 Å². The monoisotopic (exact) mass is 191 g/mol. The summed E-state index contributed by atoms with van der Waals surface area (Å²) >= 11 is 11.5. The molecule has 0 spiro atoms. The minimum atomic E-state index is 0.443. The van der Waals surface area contributed by atoms with Gasteiger partial charge >= 0.3 is 0 Å². The fraction of sp³-hybridized carbons (Fsp3) is 0.143. The minimum Gasteiger partial charge on any atom is -0.396 e. The van der Waals surface area contributed by atoms with Gasteiger partial charge in [0.1, 0.15) is 5.69 Å². The Morgan fingerprint density at radius 2 is 1.73 bits per heavy atom. The molecular formula is C7H9Cl2N2+. The van der Waals surface area contributed by atoms with Crippen LogP contribution in [0.5, 0.6) is 0 Å². The zero-order chi connectivity index (χ0) is 8.43. The summed E-state index contributed by atoms with van der Waals surface area (Å²) in [5.41, 5.74) is 6.95. The fourth-order valence-electron chi connectivity index (χ4n) is 0.771. The van der Waals surface area contributed by atoms with Gasteiger partial charge in [-0.15, -0.1) is 0 Å². The van der Waals surface area contributed by atoms with Crippen LogP contribution in [0.3, 0.4) is 0 Å². The molecule has 0 aliphatic heterocycles. The molecule has 0 amide bonds. The van der Waals surface area contributed by atoms with E-state index in [0.29, 0.717) is 15.7 Å². The van der Waals surface area contributed by atoms with E-state index < -0.39 is 0 Å². The molecule has 0 unspecified atom stereocenters. The normalized spacial score (nSPS) is 10.1. The van der Waals surface area contributed by atoms with E-state index in [4.69, 9.17) is 28.9 Å². The van der Waals surface area contributed by atoms with E-state index >= 15 is 0 Å². The van der Waals surface area contributed by atoms with Gasteiger partial charge in [-0.05, 0) is 0 Å². The molecule has 0 radical (unpaired) electrons. The van der Waals surface area contributed by atoms with Gasteiger partial charge in [-0.3, -0.25) is 0 Å². The molecule has 11 heavy (non-hydrogen) atoms. The van der Waals surface area contributed by atoms with E-state index in [9.17, 15) is 0 Å². The van der Waals surface area contributed by atoms with Gasteiger partial charge in [-0.25, -0.2) is 0 Å². The van der Waals surface area contributed by atoms with Gasteiger partial charge in [-0.1, -0.05) is 23.2 Å². The van der Waals surface area contributed by atoms with Crippen LogP contribution >= 0.6 is 23.2 Å². The smallest absolute Gasteiger partial charge is 0.132 e. The third-order valence-electron chi connectivity index (χ3n) is 1.43. The van der Waals surface area contributed by atoms with Crippen molar-refractivity contribution in [1.29, 1.82) is 0 Å². The summed E-state index contributed by atoms with van der Waals surface area (Å²) < 4.78 is 0. The first-order valence-electron chi connectivity index (χ1n) is 3.19. The van der Waals surface area contributed by atoms with Gasteiger partial charge in [0.2, 0.25) is 0 Å². The number of hydrogen-bond donors (Lipinski definition) is 2. The highest BCUT2D eigenvalue weighted by Gasteiger charge is 2.04. The summed E-state index contributed by atoms with van der Waals surface area (Å²) in [6.45, 7) is 0. The van der Waals surface area contributed by atoms with Gasteiger partial charge in [0, 0.05) is 12.1 Å². The van der Waals surface area contributed by atoms with Crippen molar-refractivity contribution in [3.05, 3.63) is 22.2 Å². The average Bonchev–Trinajstić information content (AvgIpc) is 1.99. The highest BCUT2D eigenvalue weighted by atomic mass is 35.5. The number of rotatable bonds is 1. The first kappa shape index (κ1) is 8.65. The number of quaternary nitrogens is 1. The Balaban J connectivity index is 3.21. The average molecular weight is 192 g/mol. The summed E-state index contributed by atoms with van der Waals surface area (Å²) in [6.07, 6.45) is 0. The predicted octanol–water partition coefficient (Wildman–Crippen LogP) is 1.40. The van der Waals surface area contributed by atoms with Gasteiger partial charge in [-0.2, -0.15) is 0 Å². The molecule has 0 saturated heterocycles. The van der Waals surface area contributed by atoms with Crippen LogP contribution in [0.1, 0.15) is 0 Å². The maximum Gasteiger partial charge on any atom is 0.132 e. The molecule has 60 valence electrons. The lowest BCUT2D eigenvalue weighted by Crippen LogP contribution is -2.72. The van der Waals surface area contributed by atoms with Crippen molar-refractivity contribution in [2.45, 2.75) is 0 Å². The number of nitrogens with two attached hydrogens (primary N) is 2. The Bertz CT molecular complexity index is 250. The van der Waals surface area contributed by atoms with Crippen molar-refractivity contribution >= 4 is 34.6 Å². The molecule has 1 aromatic rings. The molecular weight excluding hydrogens is 183 g/mol. The van der Waals surface area contributed by atoms with Crippen LogP contribution < -0.4 is 11.1 Å². The number of nitrogen functional groups attached to an aromatic ring is 1. The summed E-state index contributed by atoms with van der Waals surface area (Å²) in [5.74, 6) is 0. The lowest BCUT2D eigenvalue weighted by molar-refractivity contribution is -0.539. The predicted molar refractivity (Wildman–Crippen MR) is 48.4 cm³/mol. The van der Waals surface area contributed by atoms with E-state index in [2.05, 4.69) is 0 Å². The molecule has 4 N–H and O–H groups in total. The number of halogens is 2. The Labute approximate surface area is 75.3 Å². The number of anilines is 1. The third-order valence-corrected chi connectivity index (χ3v) is 2.06. The van der Waals surface area contributed by atoms with Gasteiger partial charge in [0.05, 0.1) is 22.8 Å². The van der Waals surface area contributed by atoms with Crippen molar-refractivity contribution in [2.24, 2.45) is 0 Å². The molecule has 0 heterocycles. The van der Waals surface area contributed by atoms with E-state index in [1.807, 2.05) is 12.4 Å². The maximum absolute atomic E-state index is 5.77. The van der Waals surface area contributed by atoms with Crippen molar-refractivity contribution in [3.8, 4) is 0 Å². The Kier molecular flexibility index (Phi) is 2.60. The highest BCUT2D eigenvalue weighted by Crippen LogP contribution is 2.29. The topological polar surface area (TPSA) is 42.6 Å². The highest BCUT2D eigenvalue weighted by molar-refractivity contribution is 6.39. The summed E-state index contributed by atoms with van der Waals surface area (Å²) in [6, 6.07) is 3.56. The summed E-state index contributed by atoms with van der Waals surface area (Å²) in [7, 11) is 1.91. The van der Waals surface area contributed by atoms with Crippen molar-refractivity contribution < 1.29 is 5.32 Å². The second kappa shape index (κ2) is 3.30. The first-order chi connectivity index (χ1) is 5.15. The Morgan fingerprint density at radius 1 is 1.27 bits per heavy atom. The standard InChI is InChI=1S/C7H8Cl2N2/c1-11-4-2-5(8)7(10)6(9)3-4/h2-3,11H,10H2,1H3/p+1. The molecule has 1 rings (SSSR count). The molecule has 0 aliphatic carbocycles. The van der Waals surface area contributed by atoms with Gasteiger partial charge in [0.15, 0.2) is 0 Å². The molecule has 1 aromatic carbocycles. The molecule has 0 aliphatic rings. The lowest BCUT2D eigenvalue weighted by atomic mass is 10.3. The Morgan fingerprint density at radius 3 is 2.09 bits per heavy atom. The summed E-state index contributed by atoms with van der Waals surface area (Å²) in [5, 5.41) is 2.92. The zero-order valence-corrected chi connectivity index (χ0v) is 7.58. The zero-order valence-electron chi connectivity index (χ0n) is 6.07. The van der Waals surface area contributed by atoms with Crippen molar-refractivity contribution in [1.82, 2.24) is 0 Å². The molecule has 0 bridgehead atoms. The van der Waals surface area contributed by atoms with E-state index in [1.54, 1.807) is 12.1 Å². The van der Waals surface area contributed by atoms with Crippen LogP contribution in [0.4, 0.5) is 11.4 Å². The van der Waals surface area contributed by atoms with Gasteiger partial charge in [0.25, 0.3) is 0 Å². The molecule has 0 saturated carbocycles. The molecule has 0 atom stereocenters. The summed E-state index contributed by atoms with van der Waals surface area (Å²) in [4.78, 5) is 0. The number of hydrogen-bond acceptors (Lipinski definition) is 1. The van der Waals surface area contributed by atoms with Crippen LogP contribution in [0, 0.1) is 0 Å². The molecule has 0 aromatic heterocycles. The van der Waals surface area contributed by atoms with E-state index in [1.165, 1.54) is 0 Å². The van der Waals surface area contributed by atoms with Crippen LogP contribution in [-0.4, -0.2) is 7.05 Å². The van der Waals surface area contributed by atoms with E-state index in [0.717, 1.165) is 5.69 Å². The first-order valence-corrected chi connectivity index (χ1v) is 3.94. The van der Waals surface area contributed by atoms with Crippen LogP contribution in [-0.2, 0) is 0 Å². The van der Waals surface area contributed by atoms with Crippen LogP contribution in [0.25, 0.3) is 0 Å². The van der Waals surface area contributed by atoms with Crippen LogP contribution in [0.2, 0.25) is 10.0 Å². The lowest BCUT2D eigenvalue weighted by Gasteiger charge is -2.01. The van der Waals surface area contributed by atoms with Crippen molar-refractivity contribution in [3.63, 3.8) is 0 Å². The number of benzene rings is 1. The molecule has 0 fully saturated rings. The SMILES string of the molecule is C[NH2+]c1cc(Cl)c(N)c(Cl)c1. The molecule has 2 nitrogen and oxygen atoms in total. The van der Waals surface area contributed by atoms with E-state index in [-0.39, 0.29) is 0 Å². The second-order valence-electron chi connectivity index (χ2n) is 2.19. The molecule has 4 heteroatoms. The van der Waals surface area contributed by atoms with Crippen LogP contribution in [0.15, 0.2) is 12.1 Å². The van der Waals surface area contributed by atoms with Gasteiger partial charge < -0.3 is 11.1 Å². The fourth-order valence-corrected chi connectivity index (χ4v) is 1.27. The Hall–Kier alpha value is -0.440. The largest absolute Gasteiger partial charge is 0.396 e. The minimum absolute atomic E-state index is 0.443. The third kappa shape index (κ3) is 1.77.